The first-order chi connectivity index (χ1) is 47.0. The third kappa shape index (κ3) is 80.2. The van der Waals surface area contributed by atoms with Crippen LogP contribution in [0.25, 0.3) is 0 Å². The lowest BCUT2D eigenvalue weighted by Crippen LogP contribution is -2.37. The number of carbonyl (C=O) groups excluding carboxylic acids is 2. The second kappa shape index (κ2) is 76.4. The van der Waals surface area contributed by atoms with Gasteiger partial charge in [-0.25, -0.2) is 0 Å². The highest BCUT2D eigenvalue weighted by Crippen LogP contribution is 2.38. The number of unbranched alkanes of at least 4 members (excludes halogenated alkanes) is 49. The van der Waals surface area contributed by atoms with Crippen LogP contribution in [0.4, 0.5) is 0 Å². The fraction of sp³-hybridized carbons (Fsp3) is 0.814. The maximum Gasteiger partial charge on any atom is 0.306 e. The van der Waals surface area contributed by atoms with Gasteiger partial charge in [-0.15, -0.1) is 0 Å². The molecule has 0 bridgehead atoms. The minimum absolute atomic E-state index is 0.0294. The molecule has 10 heteroatoms. The van der Waals surface area contributed by atoms with E-state index in [9.17, 15) is 19.0 Å². The highest BCUT2D eigenvalue weighted by molar-refractivity contribution is 7.45. The summed E-state index contributed by atoms with van der Waals surface area (Å²) in [5.74, 6) is -0.811. The number of quaternary nitrogens is 1. The first-order valence-corrected chi connectivity index (χ1v) is 42.8. The van der Waals surface area contributed by atoms with Gasteiger partial charge in [-0.3, -0.25) is 14.2 Å². The van der Waals surface area contributed by atoms with Crippen molar-refractivity contribution in [3.05, 3.63) is 85.1 Å². The minimum atomic E-state index is -4.65. The Hall–Kier alpha value is -2.81. The number of phosphoric acid groups is 1. The molecule has 0 aromatic rings. The number of hydrogen-bond donors (Lipinski definition) is 0. The Bertz CT molecular complexity index is 1900. The molecule has 0 spiro atoms. The summed E-state index contributed by atoms with van der Waals surface area (Å²) in [6, 6.07) is 0. The van der Waals surface area contributed by atoms with Gasteiger partial charge in [0.1, 0.15) is 19.8 Å². The lowest BCUT2D eigenvalue weighted by molar-refractivity contribution is -0.870. The van der Waals surface area contributed by atoms with Crippen molar-refractivity contribution in [1.29, 1.82) is 0 Å². The molecule has 0 aliphatic carbocycles. The van der Waals surface area contributed by atoms with Gasteiger partial charge < -0.3 is 27.9 Å². The Morgan fingerprint density at radius 3 is 0.885 bits per heavy atom. The van der Waals surface area contributed by atoms with Crippen LogP contribution in [0.3, 0.4) is 0 Å². The van der Waals surface area contributed by atoms with Gasteiger partial charge in [0.15, 0.2) is 6.10 Å². The number of ether oxygens (including phenoxy) is 2. The summed E-state index contributed by atoms with van der Waals surface area (Å²) in [7, 11) is 1.18. The highest BCUT2D eigenvalue weighted by atomic mass is 31.2. The zero-order chi connectivity index (χ0) is 69.7. The molecule has 0 saturated carbocycles. The summed E-state index contributed by atoms with van der Waals surface area (Å²) in [6.45, 7) is 4.18. The molecule has 0 radical (unpaired) electrons. The normalized spacial score (nSPS) is 13.4. The number of nitrogens with zero attached hydrogens (tertiary/aromatic N) is 1. The van der Waals surface area contributed by atoms with Crippen LogP contribution in [0.15, 0.2) is 85.1 Å². The molecule has 0 N–H and O–H groups in total. The van der Waals surface area contributed by atoms with E-state index in [2.05, 4.69) is 98.9 Å². The Labute approximate surface area is 596 Å². The van der Waals surface area contributed by atoms with E-state index in [-0.39, 0.29) is 32.0 Å². The first kappa shape index (κ1) is 93.2. The molecule has 96 heavy (non-hydrogen) atoms. The van der Waals surface area contributed by atoms with Gasteiger partial charge in [-0.1, -0.05) is 381 Å². The van der Waals surface area contributed by atoms with Crippen LogP contribution in [0.5, 0.6) is 0 Å². The average Bonchev–Trinajstić information content (AvgIpc) is 1.98. The number of likely N-dealkylation sites (N-methyl/N-ethyl adjacent to an activating group) is 1. The molecule has 0 fully saturated rings. The number of esters is 2. The maximum absolute atomic E-state index is 12.9. The fourth-order valence-corrected chi connectivity index (χ4v) is 12.9. The van der Waals surface area contributed by atoms with Crippen LogP contribution in [-0.4, -0.2) is 70.0 Å². The molecule has 0 heterocycles. The number of rotatable bonds is 77. The molecule has 0 aromatic heterocycles. The second-order valence-electron chi connectivity index (χ2n) is 29.1. The van der Waals surface area contributed by atoms with E-state index in [1.54, 1.807) is 0 Å². The summed E-state index contributed by atoms with van der Waals surface area (Å²) < 4.78 is 34.5. The lowest BCUT2D eigenvalue weighted by atomic mass is 10.0. The maximum atomic E-state index is 12.9. The zero-order valence-electron chi connectivity index (χ0n) is 64.1. The number of carbonyl (C=O) groups is 2. The number of hydrogen-bond acceptors (Lipinski definition) is 8. The van der Waals surface area contributed by atoms with Crippen molar-refractivity contribution in [1.82, 2.24) is 0 Å². The highest BCUT2D eigenvalue weighted by Gasteiger charge is 2.22. The minimum Gasteiger partial charge on any atom is -0.756 e. The van der Waals surface area contributed by atoms with Crippen LogP contribution in [0.1, 0.15) is 399 Å². The van der Waals surface area contributed by atoms with Crippen LogP contribution in [0, 0.1) is 0 Å². The topological polar surface area (TPSA) is 111 Å². The lowest BCUT2D eigenvalue weighted by Gasteiger charge is -2.28. The summed E-state index contributed by atoms with van der Waals surface area (Å²) in [4.78, 5) is 38.2. The zero-order valence-corrected chi connectivity index (χ0v) is 65.0. The van der Waals surface area contributed by atoms with E-state index in [4.69, 9.17) is 18.5 Å². The van der Waals surface area contributed by atoms with E-state index in [1.165, 1.54) is 295 Å². The van der Waals surface area contributed by atoms with Crippen molar-refractivity contribution in [2.24, 2.45) is 0 Å². The molecule has 0 aliphatic heterocycles. The Kier molecular flexibility index (Phi) is 74.1. The Balaban J connectivity index is 3.90. The summed E-state index contributed by atoms with van der Waals surface area (Å²) in [5, 5.41) is 0. The quantitative estimate of drug-likeness (QED) is 0.0195. The molecular weight excluding hydrogens is 1210 g/mol. The molecule has 0 aromatic carbocycles. The Morgan fingerprint density at radius 2 is 0.594 bits per heavy atom. The third-order valence-corrected chi connectivity index (χ3v) is 19.4. The molecule has 0 rings (SSSR count). The van der Waals surface area contributed by atoms with Gasteiger partial charge in [0.05, 0.1) is 27.7 Å². The molecule has 2 unspecified atom stereocenters. The SMILES string of the molecule is CC/C=C\C/C=C\C/C=C\C/C=C\C/C=C\CCCCCCCCCCCCCCCCCCCCCCCCCC(=O)OC(COC(=O)CCCCCCCCCCCCCCCCCCCCCCC/C=C\C/C=C\CCCCCCC)COP(=O)([O-])OCC[N+](C)(C)C. The van der Waals surface area contributed by atoms with Crippen molar-refractivity contribution in [3.63, 3.8) is 0 Å². The number of allylic oxidation sites excluding steroid dienone is 14. The van der Waals surface area contributed by atoms with Crippen LogP contribution in [0.2, 0.25) is 0 Å². The second-order valence-corrected chi connectivity index (χ2v) is 30.5. The van der Waals surface area contributed by atoms with Crippen LogP contribution < -0.4 is 4.89 Å². The monoisotopic (exact) mass is 1360 g/mol. The van der Waals surface area contributed by atoms with Crippen molar-refractivity contribution in [3.8, 4) is 0 Å². The van der Waals surface area contributed by atoms with E-state index in [0.717, 1.165) is 70.6 Å². The molecule has 2 atom stereocenters. The van der Waals surface area contributed by atoms with Gasteiger partial charge in [0.25, 0.3) is 7.82 Å². The molecule has 0 aliphatic rings. The summed E-state index contributed by atoms with van der Waals surface area (Å²) in [5.41, 5.74) is 0. The van der Waals surface area contributed by atoms with Crippen molar-refractivity contribution in [2.45, 2.75) is 405 Å². The largest absolute Gasteiger partial charge is 0.756 e. The first-order valence-electron chi connectivity index (χ1n) is 41.3. The predicted molar refractivity (Wildman–Crippen MR) is 416 cm³/mol. The van der Waals surface area contributed by atoms with Crippen LogP contribution >= 0.6 is 7.82 Å². The average molecular weight is 1370 g/mol. The van der Waals surface area contributed by atoms with Crippen molar-refractivity contribution in [2.75, 3.05) is 47.5 Å². The third-order valence-electron chi connectivity index (χ3n) is 18.4. The van der Waals surface area contributed by atoms with Crippen LogP contribution in [-0.2, 0) is 32.7 Å². The molecule has 0 saturated heterocycles. The van der Waals surface area contributed by atoms with Gasteiger partial charge in [0.2, 0.25) is 0 Å². The van der Waals surface area contributed by atoms with E-state index < -0.39 is 26.5 Å². The molecule has 0 amide bonds. The fourth-order valence-electron chi connectivity index (χ4n) is 12.1. The van der Waals surface area contributed by atoms with Gasteiger partial charge >= 0.3 is 11.9 Å². The molecule has 560 valence electrons. The van der Waals surface area contributed by atoms with E-state index in [0.29, 0.717) is 17.4 Å². The van der Waals surface area contributed by atoms with Crippen molar-refractivity contribution < 1.29 is 42.1 Å². The van der Waals surface area contributed by atoms with Gasteiger partial charge in [-0.05, 0) is 89.9 Å². The van der Waals surface area contributed by atoms with E-state index in [1.807, 2.05) is 21.1 Å². The molecular formula is C86H158NO8P. The predicted octanol–water partition coefficient (Wildman–Crippen LogP) is 27.0. The summed E-state index contributed by atoms with van der Waals surface area (Å²) in [6.07, 6.45) is 106. The van der Waals surface area contributed by atoms with Gasteiger partial charge in [-0.2, -0.15) is 0 Å². The summed E-state index contributed by atoms with van der Waals surface area (Å²) >= 11 is 0. The smallest absolute Gasteiger partial charge is 0.306 e. The standard InChI is InChI=1S/C86H158NO8P/c1-6-8-10-12-14-16-18-20-22-24-26-28-30-32-34-36-38-40-41-42-43-44-45-47-49-51-53-55-57-59-61-63-65-67-69-71-73-75-77-79-86(89)95-84(83-94-96(90,91)93-81-80-87(3,4)5)82-92-85(88)78-76-74-72-70-68-66-64-62-60-58-56-54-52-50-48-46-39-37-35-33-31-29-27-25-23-21-19-17-15-13-11-9-7-2/h8,10,14,16,19-22,25-28,32,34,84H,6-7,9,11-13,15,17-18,23-24,29-31,33,35-83H2,1-5H3/b10-8-,16-14-,21-19-,22-20-,27-25-,28-26-,34-32-. The van der Waals surface area contributed by atoms with Crippen molar-refractivity contribution >= 4 is 19.8 Å². The Morgan fingerprint density at radius 1 is 0.333 bits per heavy atom. The van der Waals surface area contributed by atoms with Gasteiger partial charge in [0, 0.05) is 12.8 Å². The van der Waals surface area contributed by atoms with E-state index >= 15 is 0 Å². The molecule has 9 nitrogen and oxygen atoms in total. The number of phosphoric ester groups is 1.